The SMILES string of the molecule is Clc1ccccc1COc1cccc(OCc2nn3c(-c4cc(-c5ccccc5)n[nH]4)nnc3s2)c1. The van der Waals surface area contributed by atoms with Crippen molar-refractivity contribution in [1.82, 2.24) is 30.0 Å². The van der Waals surface area contributed by atoms with Crippen molar-refractivity contribution in [2.75, 3.05) is 0 Å². The summed E-state index contributed by atoms with van der Waals surface area (Å²) in [5, 5.41) is 22.1. The van der Waals surface area contributed by atoms with Crippen LogP contribution >= 0.6 is 22.9 Å². The van der Waals surface area contributed by atoms with Gasteiger partial charge in [0.25, 0.3) is 0 Å². The van der Waals surface area contributed by atoms with Crippen LogP contribution in [0.25, 0.3) is 27.7 Å². The minimum atomic E-state index is 0.291. The van der Waals surface area contributed by atoms with Gasteiger partial charge in [-0.1, -0.05) is 77.5 Å². The number of ether oxygens (including phenoxy) is 2. The first kappa shape index (κ1) is 22.3. The molecule has 0 saturated heterocycles. The van der Waals surface area contributed by atoms with Gasteiger partial charge in [0.15, 0.2) is 5.01 Å². The smallest absolute Gasteiger partial charge is 0.235 e. The van der Waals surface area contributed by atoms with E-state index in [9.17, 15) is 0 Å². The largest absolute Gasteiger partial charge is 0.489 e. The number of hydrogen-bond acceptors (Lipinski definition) is 7. The molecule has 0 radical (unpaired) electrons. The van der Waals surface area contributed by atoms with Crippen LogP contribution in [0.4, 0.5) is 0 Å². The number of H-pyrrole nitrogens is 1. The second-order valence-corrected chi connectivity index (χ2v) is 9.34. The maximum atomic E-state index is 6.22. The number of rotatable bonds is 8. The highest BCUT2D eigenvalue weighted by Gasteiger charge is 2.16. The van der Waals surface area contributed by atoms with Gasteiger partial charge in [0.2, 0.25) is 10.8 Å². The third-order valence-electron chi connectivity index (χ3n) is 5.44. The molecule has 3 heterocycles. The quantitative estimate of drug-likeness (QED) is 0.266. The number of halogens is 1. The molecular formula is C26H19ClN6O2S. The van der Waals surface area contributed by atoms with Crippen LogP contribution in [0.1, 0.15) is 10.6 Å². The van der Waals surface area contributed by atoms with Crippen LogP contribution in [0, 0.1) is 0 Å². The predicted molar refractivity (Wildman–Crippen MR) is 138 cm³/mol. The van der Waals surface area contributed by atoms with Gasteiger partial charge >= 0.3 is 0 Å². The topological polar surface area (TPSA) is 90.2 Å². The van der Waals surface area contributed by atoms with E-state index in [0.717, 1.165) is 27.5 Å². The molecule has 6 aromatic rings. The molecule has 0 aliphatic carbocycles. The summed E-state index contributed by atoms with van der Waals surface area (Å²) < 4.78 is 13.6. The summed E-state index contributed by atoms with van der Waals surface area (Å²) >= 11 is 7.64. The van der Waals surface area contributed by atoms with Crippen LogP contribution in [-0.2, 0) is 13.2 Å². The normalized spacial score (nSPS) is 11.1. The van der Waals surface area contributed by atoms with E-state index in [1.165, 1.54) is 11.3 Å². The van der Waals surface area contributed by atoms with Gasteiger partial charge in [-0.05, 0) is 24.3 Å². The molecule has 0 spiro atoms. The minimum Gasteiger partial charge on any atom is -0.489 e. The zero-order chi connectivity index (χ0) is 24.3. The summed E-state index contributed by atoms with van der Waals surface area (Å²) in [7, 11) is 0. The Bertz CT molecular complexity index is 1630. The molecule has 0 amide bonds. The Kier molecular flexibility index (Phi) is 6.06. The Balaban J connectivity index is 1.14. The van der Waals surface area contributed by atoms with Crippen molar-refractivity contribution in [2.24, 2.45) is 0 Å². The average Bonchev–Trinajstić information content (AvgIpc) is 3.64. The molecule has 0 fully saturated rings. The third-order valence-corrected chi connectivity index (χ3v) is 6.68. The lowest BCUT2D eigenvalue weighted by atomic mass is 10.1. The first-order chi connectivity index (χ1) is 17.7. The molecule has 36 heavy (non-hydrogen) atoms. The van der Waals surface area contributed by atoms with Crippen LogP contribution in [0.2, 0.25) is 5.02 Å². The van der Waals surface area contributed by atoms with Crippen molar-refractivity contribution in [3.63, 3.8) is 0 Å². The van der Waals surface area contributed by atoms with Crippen LogP contribution in [0.3, 0.4) is 0 Å². The molecule has 0 aliphatic rings. The Morgan fingerprint density at radius 3 is 2.44 bits per heavy atom. The highest BCUT2D eigenvalue weighted by Crippen LogP contribution is 2.26. The molecule has 0 unspecified atom stereocenters. The number of hydrogen-bond donors (Lipinski definition) is 1. The fourth-order valence-corrected chi connectivity index (χ4v) is 4.59. The Labute approximate surface area is 215 Å². The highest BCUT2D eigenvalue weighted by atomic mass is 35.5. The van der Waals surface area contributed by atoms with Crippen molar-refractivity contribution in [1.29, 1.82) is 0 Å². The Hall–Kier alpha value is -4.21. The Morgan fingerprint density at radius 1 is 0.833 bits per heavy atom. The maximum Gasteiger partial charge on any atom is 0.235 e. The van der Waals surface area contributed by atoms with Crippen LogP contribution in [-0.4, -0.2) is 30.0 Å². The second kappa shape index (κ2) is 9.80. The van der Waals surface area contributed by atoms with Gasteiger partial charge in [0.1, 0.15) is 30.4 Å². The van der Waals surface area contributed by atoms with Crippen LogP contribution in [0.5, 0.6) is 11.5 Å². The predicted octanol–water partition coefficient (Wildman–Crippen LogP) is 6.05. The van der Waals surface area contributed by atoms with E-state index >= 15 is 0 Å². The fourth-order valence-electron chi connectivity index (χ4n) is 3.65. The summed E-state index contributed by atoms with van der Waals surface area (Å²) in [6.07, 6.45) is 0. The molecule has 10 heteroatoms. The Morgan fingerprint density at radius 2 is 1.61 bits per heavy atom. The summed E-state index contributed by atoms with van der Waals surface area (Å²) in [6, 6.07) is 27.0. The molecule has 6 rings (SSSR count). The van der Waals surface area contributed by atoms with Crippen molar-refractivity contribution >= 4 is 27.9 Å². The lowest BCUT2D eigenvalue weighted by Crippen LogP contribution is -1.99. The lowest BCUT2D eigenvalue weighted by molar-refractivity contribution is 0.289. The molecule has 0 atom stereocenters. The number of benzene rings is 3. The van der Waals surface area contributed by atoms with E-state index in [1.807, 2.05) is 84.9 Å². The third kappa shape index (κ3) is 4.66. The monoisotopic (exact) mass is 514 g/mol. The zero-order valence-corrected chi connectivity index (χ0v) is 20.4. The lowest BCUT2D eigenvalue weighted by Gasteiger charge is -2.09. The van der Waals surface area contributed by atoms with E-state index in [4.69, 9.17) is 21.1 Å². The highest BCUT2D eigenvalue weighted by molar-refractivity contribution is 7.16. The first-order valence-corrected chi connectivity index (χ1v) is 12.3. The van der Waals surface area contributed by atoms with E-state index in [1.54, 1.807) is 4.52 Å². The molecule has 0 aliphatic heterocycles. The van der Waals surface area contributed by atoms with Gasteiger partial charge in [-0.15, -0.1) is 10.2 Å². The molecule has 0 saturated carbocycles. The average molecular weight is 515 g/mol. The van der Waals surface area contributed by atoms with Crippen LogP contribution in [0.15, 0.2) is 84.9 Å². The summed E-state index contributed by atoms with van der Waals surface area (Å²) in [6.45, 7) is 0.668. The molecule has 1 N–H and O–H groups in total. The minimum absolute atomic E-state index is 0.291. The summed E-state index contributed by atoms with van der Waals surface area (Å²) in [5.74, 6) is 1.97. The van der Waals surface area contributed by atoms with E-state index in [2.05, 4.69) is 25.5 Å². The van der Waals surface area contributed by atoms with Gasteiger partial charge in [0, 0.05) is 22.2 Å². The van der Waals surface area contributed by atoms with Crippen molar-refractivity contribution in [2.45, 2.75) is 13.2 Å². The molecule has 3 aromatic carbocycles. The van der Waals surface area contributed by atoms with Crippen molar-refractivity contribution < 1.29 is 9.47 Å². The number of fused-ring (bicyclic) bond motifs is 1. The molecule has 8 nitrogen and oxygen atoms in total. The molecular weight excluding hydrogens is 496 g/mol. The second-order valence-electron chi connectivity index (χ2n) is 7.89. The van der Waals surface area contributed by atoms with E-state index < -0.39 is 0 Å². The molecule has 178 valence electrons. The van der Waals surface area contributed by atoms with E-state index in [-0.39, 0.29) is 0 Å². The molecule has 0 bridgehead atoms. The van der Waals surface area contributed by atoms with Crippen LogP contribution < -0.4 is 9.47 Å². The van der Waals surface area contributed by atoms with Gasteiger partial charge in [-0.2, -0.15) is 14.7 Å². The number of aromatic amines is 1. The maximum absolute atomic E-state index is 6.22. The van der Waals surface area contributed by atoms with E-state index in [0.29, 0.717) is 40.5 Å². The summed E-state index contributed by atoms with van der Waals surface area (Å²) in [4.78, 5) is 0.677. The van der Waals surface area contributed by atoms with Gasteiger partial charge in [0.05, 0.1) is 5.69 Å². The first-order valence-electron chi connectivity index (χ1n) is 11.1. The zero-order valence-electron chi connectivity index (χ0n) is 18.8. The number of nitrogens with zero attached hydrogens (tertiary/aromatic N) is 5. The van der Waals surface area contributed by atoms with Gasteiger partial charge < -0.3 is 9.47 Å². The fraction of sp³-hybridized carbons (Fsp3) is 0.0769. The standard InChI is InChI=1S/C26H19ClN6O2S/c27-21-12-5-4-9-18(21)15-34-19-10-6-11-20(13-19)35-16-24-32-33-25(30-31-26(33)36-24)23-14-22(28-29-23)17-7-2-1-3-8-17/h1-14H,15-16H2,(H,28,29). The van der Waals surface area contributed by atoms with Crippen molar-refractivity contribution in [3.8, 4) is 34.3 Å². The van der Waals surface area contributed by atoms with Gasteiger partial charge in [-0.25, -0.2) is 0 Å². The summed E-state index contributed by atoms with van der Waals surface area (Å²) in [5.41, 5.74) is 3.51. The van der Waals surface area contributed by atoms with Gasteiger partial charge in [-0.3, -0.25) is 5.10 Å². The number of aromatic nitrogens is 6. The number of nitrogens with one attached hydrogen (secondary N) is 1. The van der Waals surface area contributed by atoms with Crippen molar-refractivity contribution in [3.05, 3.63) is 101 Å². The molecule has 3 aromatic heterocycles.